The third kappa shape index (κ3) is 4.00. The Bertz CT molecular complexity index is 549. The molecule has 0 bridgehead atoms. The van der Waals surface area contributed by atoms with E-state index in [1.54, 1.807) is 12.1 Å². The monoisotopic (exact) mass is 272 g/mol. The van der Waals surface area contributed by atoms with E-state index < -0.39 is 10.0 Å². The van der Waals surface area contributed by atoms with E-state index in [1.807, 2.05) is 6.92 Å². The molecule has 0 spiro atoms. The molecule has 92 valence electrons. The number of aryl methyl sites for hydroxylation is 1. The second kappa shape index (κ2) is 5.11. The SMILES string of the molecule is Cc1ccc(S(=O)(=O)/N=C(\N)NC(N)=S)cc1. The molecule has 1 aromatic rings. The van der Waals surface area contributed by atoms with Crippen LogP contribution in [-0.2, 0) is 10.0 Å². The molecule has 1 rings (SSSR count). The van der Waals surface area contributed by atoms with Crippen molar-refractivity contribution in [2.75, 3.05) is 0 Å². The van der Waals surface area contributed by atoms with Gasteiger partial charge in [-0.25, -0.2) is 0 Å². The average molecular weight is 272 g/mol. The first-order chi connectivity index (χ1) is 7.81. The van der Waals surface area contributed by atoms with Gasteiger partial charge in [0.1, 0.15) is 0 Å². The van der Waals surface area contributed by atoms with Crippen LogP contribution in [0.15, 0.2) is 33.6 Å². The van der Waals surface area contributed by atoms with E-state index in [0.29, 0.717) is 0 Å². The lowest BCUT2D eigenvalue weighted by molar-refractivity contribution is 0.598. The Balaban J connectivity index is 3.04. The number of nitrogens with two attached hydrogens (primary N) is 2. The van der Waals surface area contributed by atoms with Crippen LogP contribution in [0.3, 0.4) is 0 Å². The molecule has 0 atom stereocenters. The minimum atomic E-state index is -3.84. The Hall–Kier alpha value is -1.67. The standard InChI is InChI=1S/C9H12N4O2S2/c1-6-2-4-7(5-3-6)17(14,15)13-8(10)12-9(11)16/h2-5H,1H3,(H5,10,11,12,13,16). The van der Waals surface area contributed by atoms with E-state index in [0.717, 1.165) is 5.56 Å². The minimum absolute atomic E-state index is 0.0517. The zero-order valence-corrected chi connectivity index (χ0v) is 10.7. The van der Waals surface area contributed by atoms with Crippen LogP contribution in [0.5, 0.6) is 0 Å². The molecule has 0 saturated carbocycles. The van der Waals surface area contributed by atoms with E-state index >= 15 is 0 Å². The van der Waals surface area contributed by atoms with E-state index in [4.69, 9.17) is 11.5 Å². The van der Waals surface area contributed by atoms with Crippen molar-refractivity contribution in [3.63, 3.8) is 0 Å². The number of rotatable bonds is 2. The molecule has 0 aliphatic heterocycles. The molecule has 0 aliphatic rings. The summed E-state index contributed by atoms with van der Waals surface area (Å²) >= 11 is 4.51. The summed E-state index contributed by atoms with van der Waals surface area (Å²) in [5, 5.41) is 2.09. The number of guanidine groups is 1. The van der Waals surface area contributed by atoms with Gasteiger partial charge in [-0.15, -0.1) is 4.40 Å². The molecule has 0 aromatic heterocycles. The summed E-state index contributed by atoms with van der Waals surface area (Å²) in [6.07, 6.45) is 0. The molecule has 0 heterocycles. The lowest BCUT2D eigenvalue weighted by atomic mass is 10.2. The number of nitrogens with zero attached hydrogens (tertiary/aromatic N) is 1. The van der Waals surface area contributed by atoms with Gasteiger partial charge < -0.3 is 16.8 Å². The summed E-state index contributed by atoms with van der Waals surface area (Å²) in [6.45, 7) is 1.85. The smallest absolute Gasteiger partial charge is 0.285 e. The molecule has 6 nitrogen and oxygen atoms in total. The first kappa shape index (κ1) is 13.4. The van der Waals surface area contributed by atoms with Crippen LogP contribution in [0.1, 0.15) is 5.56 Å². The topological polar surface area (TPSA) is 111 Å². The van der Waals surface area contributed by atoms with Crippen molar-refractivity contribution in [1.29, 1.82) is 0 Å². The summed E-state index contributed by atoms with van der Waals surface area (Å²) in [5.74, 6) is -0.363. The molecule has 17 heavy (non-hydrogen) atoms. The van der Waals surface area contributed by atoms with Crippen LogP contribution in [0.25, 0.3) is 0 Å². The third-order valence-electron chi connectivity index (χ3n) is 1.79. The predicted molar refractivity (Wildman–Crippen MR) is 69.9 cm³/mol. The van der Waals surface area contributed by atoms with Gasteiger partial charge in [-0.2, -0.15) is 8.42 Å². The zero-order chi connectivity index (χ0) is 13.1. The summed E-state index contributed by atoms with van der Waals surface area (Å²) in [4.78, 5) is 0.0517. The Labute approximate surface area is 105 Å². The number of nitrogens with one attached hydrogen (secondary N) is 1. The van der Waals surface area contributed by atoms with E-state index in [2.05, 4.69) is 21.9 Å². The van der Waals surface area contributed by atoms with Crippen LogP contribution in [-0.4, -0.2) is 19.5 Å². The number of sulfonamides is 1. The Morgan fingerprint density at radius 1 is 1.29 bits per heavy atom. The van der Waals surface area contributed by atoms with Gasteiger partial charge in [-0.3, -0.25) is 0 Å². The summed E-state index contributed by atoms with van der Waals surface area (Å²) < 4.78 is 26.8. The lowest BCUT2D eigenvalue weighted by Gasteiger charge is -2.03. The largest absolute Gasteiger partial charge is 0.376 e. The number of benzene rings is 1. The number of hydrogen-bond donors (Lipinski definition) is 3. The minimum Gasteiger partial charge on any atom is -0.376 e. The molecule has 5 N–H and O–H groups in total. The normalized spacial score (nSPS) is 12.2. The second-order valence-electron chi connectivity index (χ2n) is 3.25. The van der Waals surface area contributed by atoms with Crippen molar-refractivity contribution in [2.45, 2.75) is 11.8 Å². The van der Waals surface area contributed by atoms with Gasteiger partial charge in [-0.1, -0.05) is 17.7 Å². The fourth-order valence-electron chi connectivity index (χ4n) is 1.04. The molecule has 8 heteroatoms. The molecule has 0 saturated heterocycles. The molecule has 0 amide bonds. The van der Waals surface area contributed by atoms with Gasteiger partial charge >= 0.3 is 0 Å². The molecule has 0 aliphatic carbocycles. The highest BCUT2D eigenvalue weighted by molar-refractivity contribution is 7.90. The molecule has 0 unspecified atom stereocenters. The Morgan fingerprint density at radius 2 is 1.82 bits per heavy atom. The first-order valence-electron chi connectivity index (χ1n) is 4.55. The summed E-state index contributed by atoms with van der Waals surface area (Å²) in [6, 6.07) is 6.23. The molecular weight excluding hydrogens is 260 g/mol. The second-order valence-corrected chi connectivity index (χ2v) is 5.30. The predicted octanol–water partition coefficient (Wildman–Crippen LogP) is -0.168. The van der Waals surface area contributed by atoms with E-state index in [-0.39, 0.29) is 16.0 Å². The van der Waals surface area contributed by atoms with Crippen molar-refractivity contribution < 1.29 is 8.42 Å². The molecule has 0 fully saturated rings. The summed E-state index contributed by atoms with van der Waals surface area (Å²) in [7, 11) is -3.84. The van der Waals surface area contributed by atoms with Crippen molar-refractivity contribution in [3.8, 4) is 0 Å². The van der Waals surface area contributed by atoms with Gasteiger partial charge in [0.25, 0.3) is 10.0 Å². The van der Waals surface area contributed by atoms with E-state index in [1.165, 1.54) is 12.1 Å². The fraction of sp³-hybridized carbons (Fsp3) is 0.111. The first-order valence-corrected chi connectivity index (χ1v) is 6.39. The maximum absolute atomic E-state index is 11.7. The quantitative estimate of drug-likeness (QED) is 0.392. The van der Waals surface area contributed by atoms with Gasteiger partial charge in [0.05, 0.1) is 4.90 Å². The van der Waals surface area contributed by atoms with Crippen molar-refractivity contribution >= 4 is 33.3 Å². The highest BCUT2D eigenvalue weighted by atomic mass is 32.2. The van der Waals surface area contributed by atoms with Gasteiger partial charge in [-0.05, 0) is 31.3 Å². The molecular formula is C9H12N4O2S2. The van der Waals surface area contributed by atoms with Crippen LogP contribution >= 0.6 is 12.2 Å². The molecule has 0 radical (unpaired) electrons. The third-order valence-corrected chi connectivity index (χ3v) is 3.20. The lowest BCUT2D eigenvalue weighted by Crippen LogP contribution is -2.40. The molecule has 1 aromatic carbocycles. The van der Waals surface area contributed by atoms with E-state index in [9.17, 15) is 8.42 Å². The van der Waals surface area contributed by atoms with Gasteiger partial charge in [0.2, 0.25) is 5.96 Å². The zero-order valence-electron chi connectivity index (χ0n) is 9.04. The maximum Gasteiger partial charge on any atom is 0.285 e. The number of thiocarbonyl (C=S) groups is 1. The van der Waals surface area contributed by atoms with Crippen molar-refractivity contribution in [2.24, 2.45) is 15.9 Å². The van der Waals surface area contributed by atoms with Crippen LogP contribution < -0.4 is 16.8 Å². The summed E-state index contributed by atoms with van der Waals surface area (Å²) in [5.41, 5.74) is 11.4. The number of hydrogen-bond acceptors (Lipinski definition) is 3. The highest BCUT2D eigenvalue weighted by Crippen LogP contribution is 2.12. The Morgan fingerprint density at radius 3 is 2.29 bits per heavy atom. The van der Waals surface area contributed by atoms with Crippen molar-refractivity contribution in [3.05, 3.63) is 29.8 Å². The van der Waals surface area contributed by atoms with Crippen LogP contribution in [0, 0.1) is 6.92 Å². The Kier molecular flexibility index (Phi) is 4.02. The highest BCUT2D eigenvalue weighted by Gasteiger charge is 2.13. The van der Waals surface area contributed by atoms with Gasteiger partial charge in [0.15, 0.2) is 5.11 Å². The van der Waals surface area contributed by atoms with Crippen LogP contribution in [0.2, 0.25) is 0 Å². The van der Waals surface area contributed by atoms with Gasteiger partial charge in [0, 0.05) is 0 Å². The maximum atomic E-state index is 11.7. The van der Waals surface area contributed by atoms with Crippen molar-refractivity contribution in [1.82, 2.24) is 5.32 Å². The van der Waals surface area contributed by atoms with Crippen LogP contribution in [0.4, 0.5) is 0 Å². The average Bonchev–Trinajstić information content (AvgIpc) is 2.15. The fourth-order valence-corrected chi connectivity index (χ4v) is 2.04.